The molecule has 0 fully saturated rings. The van der Waals surface area contributed by atoms with Crippen LogP contribution in [0.4, 0.5) is 0 Å². The van der Waals surface area contributed by atoms with Crippen molar-refractivity contribution in [3.05, 3.63) is 29.8 Å². The van der Waals surface area contributed by atoms with E-state index in [0.29, 0.717) is 0 Å². The molecule has 0 saturated carbocycles. The maximum absolute atomic E-state index is 12.3. The summed E-state index contributed by atoms with van der Waals surface area (Å²) in [4.78, 5) is 0.239. The number of sulfonamides is 1. The van der Waals surface area contributed by atoms with Gasteiger partial charge in [0.15, 0.2) is 0 Å². The number of rotatable bonds is 6. The average molecular weight is 299 g/mol. The fourth-order valence-electron chi connectivity index (χ4n) is 1.57. The molecule has 1 atom stereocenters. The molecule has 0 heterocycles. The highest BCUT2D eigenvalue weighted by Gasteiger charge is 2.27. The summed E-state index contributed by atoms with van der Waals surface area (Å²) in [6, 6.07) is 6.90. The van der Waals surface area contributed by atoms with Crippen molar-refractivity contribution < 1.29 is 13.5 Å². The number of aliphatic hydroxyl groups is 1. The fourth-order valence-corrected chi connectivity index (χ4v) is 2.77. The molecule has 20 heavy (non-hydrogen) atoms. The minimum Gasteiger partial charge on any atom is -0.389 e. The Balaban J connectivity index is 2.92. The predicted molar refractivity (Wildman–Crippen MR) is 81.2 cm³/mol. The van der Waals surface area contributed by atoms with Gasteiger partial charge in [0.25, 0.3) is 0 Å². The van der Waals surface area contributed by atoms with Crippen LogP contribution in [0.3, 0.4) is 0 Å². The fraction of sp³-hybridized carbons (Fsp3) is 0.600. The Morgan fingerprint density at radius 3 is 2.35 bits per heavy atom. The molecular weight excluding hydrogens is 274 g/mol. The van der Waals surface area contributed by atoms with Crippen LogP contribution in [0.15, 0.2) is 29.2 Å². The van der Waals surface area contributed by atoms with Crippen molar-refractivity contribution in [1.29, 1.82) is 0 Å². The molecule has 114 valence electrons. The summed E-state index contributed by atoms with van der Waals surface area (Å²) in [5.41, 5.74) is -0.0913. The van der Waals surface area contributed by atoms with Gasteiger partial charge in [0.1, 0.15) is 0 Å². The maximum atomic E-state index is 12.3. The Hall–Kier alpha value is -0.910. The molecule has 4 nitrogen and oxygen atoms in total. The van der Waals surface area contributed by atoms with Gasteiger partial charge in [-0.2, -0.15) is 0 Å². The minimum atomic E-state index is -3.59. The van der Waals surface area contributed by atoms with E-state index in [1.165, 1.54) is 0 Å². The number of hydrogen-bond donors (Lipinski definition) is 2. The molecule has 0 bridgehead atoms. The molecule has 0 aliphatic rings. The average Bonchev–Trinajstić information content (AvgIpc) is 2.36. The number of benzene rings is 1. The maximum Gasteiger partial charge on any atom is 0.240 e. The van der Waals surface area contributed by atoms with Crippen LogP contribution in [0.25, 0.3) is 0 Å². The molecule has 0 aliphatic heterocycles. The molecule has 1 unspecified atom stereocenters. The summed E-state index contributed by atoms with van der Waals surface area (Å²) in [6.45, 7) is 9.37. The highest BCUT2D eigenvalue weighted by molar-refractivity contribution is 7.89. The summed E-state index contributed by atoms with van der Waals surface area (Å²) in [5.74, 6) is 0.233. The third kappa shape index (κ3) is 4.30. The molecule has 1 rings (SSSR count). The Morgan fingerprint density at radius 2 is 1.85 bits per heavy atom. The molecule has 0 amide bonds. The van der Waals surface area contributed by atoms with Crippen LogP contribution < -0.4 is 4.72 Å². The van der Waals surface area contributed by atoms with E-state index >= 15 is 0 Å². The predicted octanol–water partition coefficient (Wildman–Crippen LogP) is 2.50. The molecule has 2 N–H and O–H groups in total. The van der Waals surface area contributed by atoms with Gasteiger partial charge < -0.3 is 5.11 Å². The number of nitrogens with one attached hydrogen (secondary N) is 1. The first kappa shape index (κ1) is 17.1. The standard InChI is InChI=1S/C15H25NO3S/c1-11(2)13-7-6-8-14(9-13)20(18,19)16-10-15(5,17)12(3)4/h6-9,11-12,16-17H,10H2,1-5H3. The van der Waals surface area contributed by atoms with Crippen LogP contribution in [0.2, 0.25) is 0 Å². The van der Waals surface area contributed by atoms with E-state index in [2.05, 4.69) is 4.72 Å². The van der Waals surface area contributed by atoms with Gasteiger partial charge in [0.05, 0.1) is 10.5 Å². The lowest BCUT2D eigenvalue weighted by Gasteiger charge is -2.27. The SMILES string of the molecule is CC(C)c1cccc(S(=O)(=O)NCC(C)(O)C(C)C)c1. The highest BCUT2D eigenvalue weighted by atomic mass is 32.2. The Bertz CT molecular complexity index is 548. The largest absolute Gasteiger partial charge is 0.389 e. The molecule has 0 spiro atoms. The quantitative estimate of drug-likeness (QED) is 0.848. The second-order valence-corrected chi connectivity index (χ2v) is 7.83. The zero-order chi connectivity index (χ0) is 15.6. The van der Waals surface area contributed by atoms with Crippen molar-refractivity contribution in [2.45, 2.75) is 51.0 Å². The number of hydrogen-bond acceptors (Lipinski definition) is 3. The van der Waals surface area contributed by atoms with Crippen LogP contribution in [-0.2, 0) is 10.0 Å². The normalized spacial score (nSPS) is 15.6. The third-order valence-electron chi connectivity index (χ3n) is 3.70. The minimum absolute atomic E-state index is 0.00109. The topological polar surface area (TPSA) is 66.4 Å². The Morgan fingerprint density at radius 1 is 1.25 bits per heavy atom. The van der Waals surface area contributed by atoms with Crippen molar-refractivity contribution in [2.24, 2.45) is 5.92 Å². The van der Waals surface area contributed by atoms with Crippen LogP contribution in [0, 0.1) is 5.92 Å². The Labute approximate surface area is 122 Å². The monoisotopic (exact) mass is 299 g/mol. The van der Waals surface area contributed by atoms with Gasteiger partial charge in [0, 0.05) is 6.54 Å². The van der Waals surface area contributed by atoms with Gasteiger partial charge in [0.2, 0.25) is 10.0 Å². The van der Waals surface area contributed by atoms with E-state index in [9.17, 15) is 13.5 Å². The van der Waals surface area contributed by atoms with Crippen molar-refractivity contribution >= 4 is 10.0 Å². The first-order valence-electron chi connectivity index (χ1n) is 6.88. The van der Waals surface area contributed by atoms with Gasteiger partial charge in [-0.05, 0) is 36.5 Å². The summed E-state index contributed by atoms with van der Waals surface area (Å²) >= 11 is 0. The van der Waals surface area contributed by atoms with Crippen LogP contribution in [-0.4, -0.2) is 25.7 Å². The van der Waals surface area contributed by atoms with Crippen LogP contribution in [0.5, 0.6) is 0 Å². The zero-order valence-corrected chi connectivity index (χ0v) is 13.7. The molecular formula is C15H25NO3S. The molecule has 0 aliphatic carbocycles. The summed E-state index contributed by atoms with van der Waals surface area (Å²) in [6.07, 6.45) is 0. The van der Waals surface area contributed by atoms with Crippen molar-refractivity contribution in [2.75, 3.05) is 6.54 Å². The van der Waals surface area contributed by atoms with Crippen molar-refractivity contribution in [3.8, 4) is 0 Å². The molecule has 0 radical (unpaired) electrons. The van der Waals surface area contributed by atoms with Crippen LogP contribution >= 0.6 is 0 Å². The molecule has 1 aromatic carbocycles. The van der Waals surface area contributed by atoms with Crippen molar-refractivity contribution in [1.82, 2.24) is 4.72 Å². The molecule has 5 heteroatoms. The van der Waals surface area contributed by atoms with E-state index in [4.69, 9.17) is 0 Å². The van der Waals surface area contributed by atoms with E-state index in [-0.39, 0.29) is 23.3 Å². The van der Waals surface area contributed by atoms with Gasteiger partial charge in [-0.15, -0.1) is 0 Å². The van der Waals surface area contributed by atoms with E-state index in [0.717, 1.165) is 5.56 Å². The van der Waals surface area contributed by atoms with Gasteiger partial charge in [-0.3, -0.25) is 0 Å². The first-order chi connectivity index (χ1) is 9.06. The molecule has 0 aromatic heterocycles. The lowest BCUT2D eigenvalue weighted by atomic mass is 9.93. The Kier molecular flexibility index (Phi) is 5.35. The smallest absolute Gasteiger partial charge is 0.240 e. The van der Waals surface area contributed by atoms with E-state index < -0.39 is 15.6 Å². The summed E-state index contributed by atoms with van der Waals surface area (Å²) < 4.78 is 27.0. The first-order valence-corrected chi connectivity index (χ1v) is 8.36. The summed E-state index contributed by atoms with van der Waals surface area (Å²) in [7, 11) is -3.59. The molecule has 1 aromatic rings. The summed E-state index contributed by atoms with van der Waals surface area (Å²) in [5, 5.41) is 10.1. The zero-order valence-electron chi connectivity index (χ0n) is 12.8. The highest BCUT2D eigenvalue weighted by Crippen LogP contribution is 2.20. The third-order valence-corrected chi connectivity index (χ3v) is 5.10. The van der Waals surface area contributed by atoms with E-state index in [1.807, 2.05) is 33.8 Å². The van der Waals surface area contributed by atoms with E-state index in [1.54, 1.807) is 25.1 Å². The van der Waals surface area contributed by atoms with Gasteiger partial charge in [-0.25, -0.2) is 13.1 Å². The van der Waals surface area contributed by atoms with Crippen molar-refractivity contribution in [3.63, 3.8) is 0 Å². The second-order valence-electron chi connectivity index (χ2n) is 6.06. The van der Waals surface area contributed by atoms with Gasteiger partial charge >= 0.3 is 0 Å². The van der Waals surface area contributed by atoms with Gasteiger partial charge in [-0.1, -0.05) is 39.8 Å². The lowest BCUT2D eigenvalue weighted by molar-refractivity contribution is 0.0190. The molecule has 0 saturated heterocycles. The lowest BCUT2D eigenvalue weighted by Crippen LogP contribution is -2.44. The second kappa shape index (κ2) is 6.24. The van der Waals surface area contributed by atoms with Crippen LogP contribution in [0.1, 0.15) is 46.1 Å².